The zero-order valence-electron chi connectivity index (χ0n) is 10.2. The Balaban J connectivity index is 1.75. The predicted molar refractivity (Wildman–Crippen MR) is 67.0 cm³/mol. The fraction of sp³-hybridized carbons (Fsp3) is 0.538. The molecule has 2 atom stereocenters. The topological polar surface area (TPSA) is 70.8 Å². The van der Waals surface area contributed by atoms with Crippen molar-refractivity contribution in [3.63, 3.8) is 0 Å². The maximum atomic E-state index is 12.2. The third kappa shape index (κ3) is 2.34. The molecule has 1 aliphatic heterocycles. The Bertz CT molecular complexity index is 522. The lowest BCUT2D eigenvalue weighted by atomic mass is 9.92. The van der Waals surface area contributed by atoms with E-state index in [-0.39, 0.29) is 29.3 Å². The SMILES string of the molecule is O=C(O)[C@@H]1CN(C(=O)c2ccc(Cl)o2)C[C@H]1C1CC1. The molecular formula is C13H14ClNO4. The van der Waals surface area contributed by atoms with Crippen LogP contribution < -0.4 is 0 Å². The average molecular weight is 284 g/mol. The van der Waals surface area contributed by atoms with Gasteiger partial charge in [0.05, 0.1) is 5.92 Å². The average Bonchev–Trinajstić information content (AvgIpc) is 2.96. The molecule has 1 N–H and O–H groups in total. The summed E-state index contributed by atoms with van der Waals surface area (Å²) in [5.41, 5.74) is 0. The molecule has 0 bridgehead atoms. The highest BCUT2D eigenvalue weighted by atomic mass is 35.5. The number of likely N-dealkylation sites (tertiary alicyclic amines) is 1. The third-order valence-electron chi connectivity index (χ3n) is 3.98. The molecule has 19 heavy (non-hydrogen) atoms. The van der Waals surface area contributed by atoms with Gasteiger partial charge in [-0.3, -0.25) is 9.59 Å². The maximum absolute atomic E-state index is 12.2. The zero-order chi connectivity index (χ0) is 13.6. The lowest BCUT2D eigenvalue weighted by Gasteiger charge is -2.14. The normalized spacial score (nSPS) is 26.7. The molecule has 2 heterocycles. The van der Waals surface area contributed by atoms with E-state index in [9.17, 15) is 14.7 Å². The van der Waals surface area contributed by atoms with Gasteiger partial charge in [-0.05, 0) is 48.4 Å². The lowest BCUT2D eigenvalue weighted by molar-refractivity contribution is -0.142. The molecule has 2 fully saturated rings. The molecule has 1 saturated carbocycles. The Morgan fingerprint density at radius 2 is 2.05 bits per heavy atom. The van der Waals surface area contributed by atoms with Crippen LogP contribution >= 0.6 is 11.6 Å². The fourth-order valence-electron chi connectivity index (χ4n) is 2.84. The molecule has 1 aromatic heterocycles. The molecule has 0 aromatic carbocycles. The van der Waals surface area contributed by atoms with Gasteiger partial charge in [0.25, 0.3) is 5.91 Å². The highest BCUT2D eigenvalue weighted by molar-refractivity contribution is 6.29. The van der Waals surface area contributed by atoms with Crippen molar-refractivity contribution >= 4 is 23.5 Å². The van der Waals surface area contributed by atoms with E-state index in [1.807, 2.05) is 0 Å². The van der Waals surface area contributed by atoms with Gasteiger partial charge in [-0.15, -0.1) is 0 Å². The molecule has 0 unspecified atom stereocenters. The number of carbonyl (C=O) groups excluding carboxylic acids is 1. The van der Waals surface area contributed by atoms with E-state index < -0.39 is 11.9 Å². The van der Waals surface area contributed by atoms with Crippen molar-refractivity contribution in [1.29, 1.82) is 0 Å². The van der Waals surface area contributed by atoms with E-state index >= 15 is 0 Å². The second kappa shape index (κ2) is 4.56. The highest BCUT2D eigenvalue weighted by Crippen LogP contribution is 2.44. The van der Waals surface area contributed by atoms with Gasteiger partial charge in [-0.1, -0.05) is 0 Å². The van der Waals surface area contributed by atoms with Crippen molar-refractivity contribution in [1.82, 2.24) is 4.90 Å². The molecule has 1 amide bonds. The number of carboxylic acids is 1. The molecule has 6 heteroatoms. The van der Waals surface area contributed by atoms with E-state index in [0.717, 1.165) is 12.8 Å². The monoisotopic (exact) mass is 283 g/mol. The summed E-state index contributed by atoms with van der Waals surface area (Å²) in [6.07, 6.45) is 2.14. The first-order valence-electron chi connectivity index (χ1n) is 6.33. The van der Waals surface area contributed by atoms with Crippen molar-refractivity contribution in [2.45, 2.75) is 12.8 Å². The first-order valence-corrected chi connectivity index (χ1v) is 6.71. The van der Waals surface area contributed by atoms with Crippen molar-refractivity contribution in [2.75, 3.05) is 13.1 Å². The molecule has 0 radical (unpaired) electrons. The summed E-state index contributed by atoms with van der Waals surface area (Å²) in [5.74, 6) is -0.843. The maximum Gasteiger partial charge on any atom is 0.308 e. The van der Waals surface area contributed by atoms with E-state index in [1.165, 1.54) is 12.1 Å². The van der Waals surface area contributed by atoms with Crippen LogP contribution in [0.25, 0.3) is 0 Å². The molecule has 0 spiro atoms. The van der Waals surface area contributed by atoms with E-state index in [4.69, 9.17) is 16.0 Å². The summed E-state index contributed by atoms with van der Waals surface area (Å²) >= 11 is 5.65. The number of nitrogens with zero attached hydrogens (tertiary/aromatic N) is 1. The van der Waals surface area contributed by atoms with Crippen LogP contribution in [0, 0.1) is 17.8 Å². The molecule has 3 rings (SSSR count). The number of hydrogen-bond acceptors (Lipinski definition) is 3. The number of hydrogen-bond donors (Lipinski definition) is 1. The second-order valence-electron chi connectivity index (χ2n) is 5.26. The molecule has 1 aliphatic carbocycles. The van der Waals surface area contributed by atoms with Gasteiger partial charge < -0.3 is 14.4 Å². The quantitative estimate of drug-likeness (QED) is 0.922. The van der Waals surface area contributed by atoms with Crippen molar-refractivity contribution in [3.05, 3.63) is 23.1 Å². The number of halogens is 1. The van der Waals surface area contributed by atoms with Gasteiger partial charge >= 0.3 is 5.97 Å². The standard InChI is InChI=1S/C13H14ClNO4/c14-11-4-3-10(19-11)12(16)15-5-8(7-1-2-7)9(6-15)13(17)18/h3-4,7-9H,1-2,5-6H2,(H,17,18)/t8-,9+/m0/s1. The zero-order valence-corrected chi connectivity index (χ0v) is 11.0. The summed E-state index contributed by atoms with van der Waals surface area (Å²) < 4.78 is 5.09. The summed E-state index contributed by atoms with van der Waals surface area (Å²) in [7, 11) is 0. The first kappa shape index (κ1) is 12.5. The summed E-state index contributed by atoms with van der Waals surface area (Å²) in [5, 5.41) is 9.42. The van der Waals surface area contributed by atoms with Crippen LogP contribution in [0.5, 0.6) is 0 Å². The number of rotatable bonds is 3. The van der Waals surface area contributed by atoms with Gasteiger partial charge in [0.15, 0.2) is 11.0 Å². The largest absolute Gasteiger partial charge is 0.481 e. The van der Waals surface area contributed by atoms with Gasteiger partial charge in [0.2, 0.25) is 0 Å². The van der Waals surface area contributed by atoms with E-state index in [1.54, 1.807) is 4.90 Å². The van der Waals surface area contributed by atoms with Gasteiger partial charge in [-0.25, -0.2) is 0 Å². The summed E-state index contributed by atoms with van der Waals surface area (Å²) in [4.78, 5) is 25.0. The molecule has 5 nitrogen and oxygen atoms in total. The van der Waals surface area contributed by atoms with Crippen LogP contribution in [0.3, 0.4) is 0 Å². The Morgan fingerprint density at radius 3 is 2.58 bits per heavy atom. The summed E-state index contributed by atoms with van der Waals surface area (Å²) in [6.45, 7) is 0.756. The van der Waals surface area contributed by atoms with Gasteiger partial charge in [-0.2, -0.15) is 0 Å². The minimum absolute atomic E-state index is 0.0758. The second-order valence-corrected chi connectivity index (χ2v) is 5.63. The smallest absolute Gasteiger partial charge is 0.308 e. The Morgan fingerprint density at radius 1 is 1.32 bits per heavy atom. The molecule has 1 saturated heterocycles. The molecule has 2 aliphatic rings. The van der Waals surface area contributed by atoms with Crippen LogP contribution in [0.1, 0.15) is 23.4 Å². The number of carbonyl (C=O) groups is 2. The van der Waals surface area contributed by atoms with Crippen molar-refractivity contribution in [3.8, 4) is 0 Å². The van der Waals surface area contributed by atoms with Crippen LogP contribution in [-0.2, 0) is 4.79 Å². The third-order valence-corrected chi connectivity index (χ3v) is 4.18. The van der Waals surface area contributed by atoms with Crippen LogP contribution in [0.2, 0.25) is 5.22 Å². The van der Waals surface area contributed by atoms with Gasteiger partial charge in [0, 0.05) is 13.1 Å². The van der Waals surface area contributed by atoms with Crippen molar-refractivity contribution < 1.29 is 19.1 Å². The van der Waals surface area contributed by atoms with E-state index in [0.29, 0.717) is 12.5 Å². The Labute approximate surface area is 115 Å². The molecular weight excluding hydrogens is 270 g/mol. The van der Waals surface area contributed by atoms with Crippen LogP contribution in [0.4, 0.5) is 0 Å². The molecule has 102 valence electrons. The lowest BCUT2D eigenvalue weighted by Crippen LogP contribution is -2.29. The van der Waals surface area contributed by atoms with Gasteiger partial charge in [0.1, 0.15) is 0 Å². The molecule has 1 aromatic rings. The van der Waals surface area contributed by atoms with Crippen LogP contribution in [0.15, 0.2) is 16.5 Å². The minimum Gasteiger partial charge on any atom is -0.481 e. The Kier molecular flexibility index (Phi) is 3.01. The Hall–Kier alpha value is -1.49. The number of aliphatic carboxylic acids is 1. The number of amides is 1. The van der Waals surface area contributed by atoms with Crippen molar-refractivity contribution in [2.24, 2.45) is 17.8 Å². The number of carboxylic acid groups (broad SMARTS) is 1. The highest BCUT2D eigenvalue weighted by Gasteiger charge is 2.47. The number of furan rings is 1. The minimum atomic E-state index is -0.815. The fourth-order valence-corrected chi connectivity index (χ4v) is 2.99. The van der Waals surface area contributed by atoms with E-state index in [2.05, 4.69) is 0 Å². The predicted octanol–water partition coefficient (Wildman–Crippen LogP) is 2.12. The van der Waals surface area contributed by atoms with Crippen LogP contribution in [-0.4, -0.2) is 35.0 Å². The summed E-state index contributed by atoms with van der Waals surface area (Å²) in [6, 6.07) is 3.03. The first-order chi connectivity index (χ1) is 9.06.